The predicted octanol–water partition coefficient (Wildman–Crippen LogP) is 4.65. The number of methoxy groups -OCH3 is 2. The highest BCUT2D eigenvalue weighted by molar-refractivity contribution is 9.10. The molecular formula is C20H21BrN6O8. The zero-order valence-electron chi connectivity index (χ0n) is 19.1. The van der Waals surface area contributed by atoms with Crippen molar-refractivity contribution in [3.63, 3.8) is 0 Å². The lowest BCUT2D eigenvalue weighted by Crippen LogP contribution is -2.15. The average Bonchev–Trinajstić information content (AvgIpc) is 2.81. The number of nitrogens with one attached hydrogen (secondary N) is 1. The second-order valence-corrected chi connectivity index (χ2v) is 7.92. The molecular weight excluding hydrogens is 532 g/mol. The van der Waals surface area contributed by atoms with Crippen LogP contribution in [0.4, 0.5) is 34.1 Å². The molecule has 15 heteroatoms. The molecule has 35 heavy (non-hydrogen) atoms. The Morgan fingerprint density at radius 1 is 1.06 bits per heavy atom. The van der Waals surface area contributed by atoms with Gasteiger partial charge in [-0.1, -0.05) is 0 Å². The zero-order chi connectivity index (χ0) is 26.3. The number of benzene rings is 2. The largest absolute Gasteiger partial charge is 0.494 e. The lowest BCUT2D eigenvalue weighted by atomic mass is 10.2. The van der Waals surface area contributed by atoms with Gasteiger partial charge in [-0.15, -0.1) is 10.2 Å². The maximum absolute atomic E-state index is 12.4. The maximum atomic E-state index is 12.4. The van der Waals surface area contributed by atoms with Crippen molar-refractivity contribution in [2.24, 2.45) is 10.2 Å². The van der Waals surface area contributed by atoms with Gasteiger partial charge in [-0.05, 0) is 22.0 Å². The SMILES string of the molecule is COC(=O)CCC(=O)Nc1cc(N(C)C)c(OC)cc1N=Nc1c(Br)cc([N+](=O)[O-])cc1[N+](=O)[O-]. The van der Waals surface area contributed by atoms with E-state index >= 15 is 0 Å². The number of nitrogens with zero attached hydrogens (tertiary/aromatic N) is 5. The first-order valence-corrected chi connectivity index (χ1v) is 10.6. The molecule has 186 valence electrons. The summed E-state index contributed by atoms with van der Waals surface area (Å²) < 4.78 is 9.88. The summed E-state index contributed by atoms with van der Waals surface area (Å²) in [4.78, 5) is 46.4. The molecule has 0 atom stereocenters. The maximum Gasteiger partial charge on any atom is 0.306 e. The van der Waals surface area contributed by atoms with E-state index in [0.29, 0.717) is 11.4 Å². The highest BCUT2D eigenvalue weighted by Crippen LogP contribution is 2.42. The van der Waals surface area contributed by atoms with Crippen LogP contribution in [0.2, 0.25) is 0 Å². The van der Waals surface area contributed by atoms with E-state index in [1.807, 2.05) is 0 Å². The number of non-ortho nitro benzene ring substituents is 1. The molecule has 2 rings (SSSR count). The Morgan fingerprint density at radius 2 is 1.74 bits per heavy atom. The van der Waals surface area contributed by atoms with Gasteiger partial charge in [-0.25, -0.2) is 0 Å². The standard InChI is InChI=1S/C20H21BrN6O8/c1-25(2)15-9-13(22-18(28)5-6-19(29)35-4)14(10-17(15)34-3)23-24-20-12(21)7-11(26(30)31)8-16(20)27(32)33/h7-10H,5-6H2,1-4H3,(H,22,28). The van der Waals surface area contributed by atoms with Crippen molar-refractivity contribution in [1.29, 1.82) is 0 Å². The van der Waals surface area contributed by atoms with Crippen LogP contribution in [0.25, 0.3) is 0 Å². The number of ether oxygens (including phenoxy) is 2. The van der Waals surface area contributed by atoms with Crippen LogP contribution in [0.15, 0.2) is 39.0 Å². The Hall–Kier alpha value is -4.14. The van der Waals surface area contributed by atoms with E-state index < -0.39 is 33.1 Å². The normalized spacial score (nSPS) is 10.7. The van der Waals surface area contributed by atoms with E-state index in [9.17, 15) is 29.8 Å². The number of rotatable bonds is 10. The van der Waals surface area contributed by atoms with Gasteiger partial charge in [0.05, 0.1) is 52.4 Å². The Morgan fingerprint density at radius 3 is 2.29 bits per heavy atom. The number of carbonyl (C=O) groups is 2. The van der Waals surface area contributed by atoms with E-state index in [-0.39, 0.29) is 34.4 Å². The molecule has 2 aromatic rings. The number of amides is 1. The topological polar surface area (TPSA) is 179 Å². The van der Waals surface area contributed by atoms with Crippen molar-refractivity contribution in [3.8, 4) is 5.75 Å². The minimum atomic E-state index is -0.822. The first kappa shape index (κ1) is 27.1. The molecule has 0 unspecified atom stereocenters. The summed E-state index contributed by atoms with van der Waals surface area (Å²) in [6.07, 6.45) is -0.302. The van der Waals surface area contributed by atoms with Gasteiger partial charge in [-0.2, -0.15) is 0 Å². The first-order valence-electron chi connectivity index (χ1n) is 9.78. The third kappa shape index (κ3) is 6.92. The Balaban J connectivity index is 2.56. The number of anilines is 2. The predicted molar refractivity (Wildman–Crippen MR) is 129 cm³/mol. The van der Waals surface area contributed by atoms with Gasteiger partial charge in [0.2, 0.25) is 5.91 Å². The number of hydrogen-bond acceptors (Lipinski definition) is 11. The van der Waals surface area contributed by atoms with Crippen LogP contribution in [-0.2, 0) is 14.3 Å². The average molecular weight is 553 g/mol. The van der Waals surface area contributed by atoms with Gasteiger partial charge >= 0.3 is 11.7 Å². The number of halogens is 1. The molecule has 0 radical (unpaired) electrons. The van der Waals surface area contributed by atoms with Gasteiger partial charge in [0.1, 0.15) is 11.4 Å². The number of hydrogen-bond donors (Lipinski definition) is 1. The highest BCUT2D eigenvalue weighted by atomic mass is 79.9. The van der Waals surface area contributed by atoms with E-state index in [1.165, 1.54) is 20.3 Å². The minimum Gasteiger partial charge on any atom is -0.494 e. The molecule has 0 heterocycles. The minimum absolute atomic E-state index is 0.0253. The van der Waals surface area contributed by atoms with Crippen molar-refractivity contribution in [3.05, 3.63) is 49.0 Å². The summed E-state index contributed by atoms with van der Waals surface area (Å²) in [6, 6.07) is 4.85. The molecule has 0 bridgehead atoms. The zero-order valence-corrected chi connectivity index (χ0v) is 20.7. The summed E-state index contributed by atoms with van der Waals surface area (Å²) >= 11 is 3.06. The van der Waals surface area contributed by atoms with Crippen LogP contribution in [-0.4, -0.2) is 50.0 Å². The van der Waals surface area contributed by atoms with Crippen molar-refractivity contribution < 1.29 is 28.9 Å². The molecule has 14 nitrogen and oxygen atoms in total. The molecule has 0 fully saturated rings. The number of azo groups is 1. The van der Waals surface area contributed by atoms with Crippen LogP contribution in [0.5, 0.6) is 5.75 Å². The van der Waals surface area contributed by atoms with Crippen molar-refractivity contribution in [2.75, 3.05) is 38.5 Å². The Bertz CT molecular complexity index is 1200. The molecule has 0 aliphatic heterocycles. The second kappa shape index (κ2) is 11.8. The van der Waals surface area contributed by atoms with Crippen molar-refractivity contribution in [1.82, 2.24) is 0 Å². The number of carbonyl (C=O) groups excluding carboxylic acids is 2. The van der Waals surface area contributed by atoms with Crippen molar-refractivity contribution in [2.45, 2.75) is 12.8 Å². The number of esters is 1. The summed E-state index contributed by atoms with van der Waals surface area (Å²) in [5, 5.41) is 33.1. The van der Waals surface area contributed by atoms with Gasteiger partial charge in [0, 0.05) is 32.6 Å². The molecule has 0 saturated carbocycles. The van der Waals surface area contributed by atoms with E-state index in [4.69, 9.17) is 4.74 Å². The van der Waals surface area contributed by atoms with Gasteiger partial charge in [0.25, 0.3) is 5.69 Å². The molecule has 1 N–H and O–H groups in total. The highest BCUT2D eigenvalue weighted by Gasteiger charge is 2.24. The smallest absolute Gasteiger partial charge is 0.306 e. The summed E-state index contributed by atoms with van der Waals surface area (Å²) in [7, 11) is 6.13. The molecule has 2 aromatic carbocycles. The third-order valence-corrected chi connectivity index (χ3v) is 5.13. The van der Waals surface area contributed by atoms with E-state index in [0.717, 1.165) is 12.1 Å². The fourth-order valence-electron chi connectivity index (χ4n) is 2.80. The second-order valence-electron chi connectivity index (χ2n) is 7.07. The van der Waals surface area contributed by atoms with Gasteiger partial charge in [-0.3, -0.25) is 29.8 Å². The molecule has 1 amide bonds. The van der Waals surface area contributed by atoms with Crippen LogP contribution >= 0.6 is 15.9 Å². The molecule has 0 aliphatic carbocycles. The molecule has 0 aromatic heterocycles. The lowest BCUT2D eigenvalue weighted by Gasteiger charge is -2.19. The van der Waals surface area contributed by atoms with Crippen LogP contribution in [0.1, 0.15) is 12.8 Å². The van der Waals surface area contributed by atoms with Crippen LogP contribution in [0.3, 0.4) is 0 Å². The van der Waals surface area contributed by atoms with Gasteiger partial charge in [0.15, 0.2) is 5.69 Å². The molecule has 0 saturated heterocycles. The number of nitro benzene ring substituents is 2. The number of nitro groups is 2. The lowest BCUT2D eigenvalue weighted by molar-refractivity contribution is -0.393. The molecule has 0 aliphatic rings. The summed E-state index contributed by atoms with van der Waals surface area (Å²) in [6.45, 7) is 0. The molecule has 0 spiro atoms. The van der Waals surface area contributed by atoms with E-state index in [2.05, 4.69) is 36.2 Å². The Kier molecular flexibility index (Phi) is 9.16. The third-order valence-electron chi connectivity index (χ3n) is 4.53. The van der Waals surface area contributed by atoms with Crippen molar-refractivity contribution >= 4 is 61.9 Å². The van der Waals surface area contributed by atoms with Crippen LogP contribution < -0.4 is 15.0 Å². The first-order chi connectivity index (χ1) is 16.5. The quantitative estimate of drug-likeness (QED) is 0.190. The van der Waals surface area contributed by atoms with Gasteiger partial charge < -0.3 is 19.7 Å². The Labute approximate surface area is 207 Å². The summed E-state index contributed by atoms with van der Waals surface area (Å²) in [5.74, 6) is -0.697. The fourth-order valence-corrected chi connectivity index (χ4v) is 3.32. The van der Waals surface area contributed by atoms with E-state index in [1.54, 1.807) is 25.1 Å². The summed E-state index contributed by atoms with van der Waals surface area (Å²) in [5.41, 5.74) is -0.558. The monoisotopic (exact) mass is 552 g/mol. The van der Waals surface area contributed by atoms with Crippen LogP contribution in [0, 0.1) is 20.2 Å². The fraction of sp³-hybridized carbons (Fsp3) is 0.300.